The number of benzene rings is 2. The molecule has 2 rings (SSSR count). The van der Waals surface area contributed by atoms with E-state index in [0.29, 0.717) is 22.0 Å². The fraction of sp³-hybridized carbons (Fsp3) is 0.0769. The molecule has 0 amide bonds. The van der Waals surface area contributed by atoms with E-state index in [-0.39, 0.29) is 5.82 Å². The predicted molar refractivity (Wildman–Crippen MR) is 79.5 cm³/mol. The molecule has 2 aromatic rings. The van der Waals surface area contributed by atoms with Crippen LogP contribution in [0.25, 0.3) is 0 Å². The summed E-state index contributed by atoms with van der Waals surface area (Å²) in [7, 11) is 0. The number of hydrogen-bond donors (Lipinski definition) is 1. The normalized spacial score (nSPS) is 10.6. The first-order valence-corrected chi connectivity index (χ1v) is 7.33. The lowest BCUT2D eigenvalue weighted by atomic mass is 10.2. The second-order valence-electron chi connectivity index (χ2n) is 3.71. The first kappa shape index (κ1) is 13.7. The maximum absolute atomic E-state index is 13.6. The van der Waals surface area contributed by atoms with Crippen LogP contribution in [-0.2, 0) is 5.75 Å². The van der Waals surface area contributed by atoms with Gasteiger partial charge in [-0.15, -0.1) is 11.8 Å². The largest absolute Gasteiger partial charge is 0.398 e. The zero-order chi connectivity index (χ0) is 13.1. The van der Waals surface area contributed by atoms with Gasteiger partial charge >= 0.3 is 0 Å². The third-order valence-corrected chi connectivity index (χ3v) is 4.22. The van der Waals surface area contributed by atoms with Crippen LogP contribution in [0.5, 0.6) is 0 Å². The summed E-state index contributed by atoms with van der Waals surface area (Å²) in [5.41, 5.74) is 7.17. The van der Waals surface area contributed by atoms with Gasteiger partial charge in [-0.3, -0.25) is 0 Å². The van der Waals surface area contributed by atoms with Crippen LogP contribution in [0.4, 0.5) is 10.1 Å². The number of rotatable bonds is 3. The molecule has 0 unspecified atom stereocenters. The van der Waals surface area contributed by atoms with E-state index >= 15 is 0 Å². The average molecular weight is 347 g/mol. The third-order valence-electron chi connectivity index (χ3n) is 2.37. The molecule has 0 aliphatic rings. The van der Waals surface area contributed by atoms with Gasteiger partial charge in [0, 0.05) is 25.8 Å². The Morgan fingerprint density at radius 3 is 2.72 bits per heavy atom. The summed E-state index contributed by atoms with van der Waals surface area (Å²) >= 11 is 10.6. The van der Waals surface area contributed by atoms with Gasteiger partial charge in [-0.2, -0.15) is 0 Å². The molecular weight excluding hydrogens is 337 g/mol. The number of halogens is 3. The lowest BCUT2D eigenvalue weighted by Gasteiger charge is -2.07. The lowest BCUT2D eigenvalue weighted by Crippen LogP contribution is -1.91. The van der Waals surface area contributed by atoms with Crippen molar-refractivity contribution in [1.82, 2.24) is 0 Å². The summed E-state index contributed by atoms with van der Waals surface area (Å²) in [6.45, 7) is 0. The molecule has 1 nitrogen and oxygen atoms in total. The van der Waals surface area contributed by atoms with Crippen LogP contribution in [0, 0.1) is 5.82 Å². The number of hydrogen-bond acceptors (Lipinski definition) is 2. The summed E-state index contributed by atoms with van der Waals surface area (Å²) in [5, 5.41) is 0.406. The fourth-order valence-electron chi connectivity index (χ4n) is 1.43. The fourth-order valence-corrected chi connectivity index (χ4v) is 3.09. The van der Waals surface area contributed by atoms with E-state index in [4.69, 9.17) is 17.3 Å². The maximum Gasteiger partial charge on any atom is 0.128 e. The van der Waals surface area contributed by atoms with Crippen LogP contribution in [0.15, 0.2) is 45.8 Å². The van der Waals surface area contributed by atoms with Crippen molar-refractivity contribution in [2.24, 2.45) is 0 Å². The van der Waals surface area contributed by atoms with Gasteiger partial charge in [-0.1, -0.05) is 33.6 Å². The molecule has 0 fully saturated rings. The predicted octanol–water partition coefficient (Wildman–Crippen LogP) is 5.12. The van der Waals surface area contributed by atoms with Crippen LogP contribution < -0.4 is 5.73 Å². The van der Waals surface area contributed by atoms with Crippen LogP contribution in [-0.4, -0.2) is 0 Å². The number of nitrogen functional groups attached to an aromatic ring is 1. The first-order chi connectivity index (χ1) is 8.56. The molecule has 0 aliphatic carbocycles. The van der Waals surface area contributed by atoms with Gasteiger partial charge in [0.2, 0.25) is 0 Å². The Bertz CT molecular complexity index is 577. The Morgan fingerprint density at radius 2 is 2.00 bits per heavy atom. The van der Waals surface area contributed by atoms with Crippen molar-refractivity contribution in [3.8, 4) is 0 Å². The second kappa shape index (κ2) is 5.95. The standard InChI is InChI=1S/C13H10BrClFNS/c14-9-2-4-12(17)13(5-9)18-7-8-1-3-10(15)6-11(8)16/h1-6H,7,17H2. The van der Waals surface area contributed by atoms with Crippen LogP contribution >= 0.6 is 39.3 Å². The van der Waals surface area contributed by atoms with Gasteiger partial charge in [-0.25, -0.2) is 4.39 Å². The summed E-state index contributed by atoms with van der Waals surface area (Å²) in [6.07, 6.45) is 0. The highest BCUT2D eigenvalue weighted by atomic mass is 79.9. The first-order valence-electron chi connectivity index (χ1n) is 5.18. The van der Waals surface area contributed by atoms with Crippen molar-refractivity contribution in [2.45, 2.75) is 10.6 Å². The van der Waals surface area contributed by atoms with E-state index in [2.05, 4.69) is 15.9 Å². The summed E-state index contributed by atoms with van der Waals surface area (Å²) in [4.78, 5) is 0.929. The molecule has 0 saturated carbocycles. The molecule has 94 valence electrons. The molecule has 0 saturated heterocycles. The number of nitrogens with two attached hydrogens (primary N) is 1. The average Bonchev–Trinajstić information content (AvgIpc) is 2.32. The summed E-state index contributed by atoms with van der Waals surface area (Å²) < 4.78 is 14.5. The molecule has 2 aromatic carbocycles. The second-order valence-corrected chi connectivity index (χ2v) is 6.08. The number of thioether (sulfide) groups is 1. The van der Waals surface area contributed by atoms with Gasteiger partial charge < -0.3 is 5.73 Å². The molecule has 18 heavy (non-hydrogen) atoms. The van der Waals surface area contributed by atoms with Gasteiger partial charge in [0.1, 0.15) is 5.82 Å². The monoisotopic (exact) mass is 345 g/mol. The molecule has 2 N–H and O–H groups in total. The molecule has 0 heterocycles. The molecule has 0 aliphatic heterocycles. The van der Waals surface area contributed by atoms with Crippen molar-refractivity contribution in [3.05, 3.63) is 57.3 Å². The Kier molecular flexibility index (Phi) is 4.54. The minimum Gasteiger partial charge on any atom is -0.398 e. The van der Waals surface area contributed by atoms with Crippen molar-refractivity contribution in [1.29, 1.82) is 0 Å². The van der Waals surface area contributed by atoms with Gasteiger partial charge in [0.05, 0.1) is 0 Å². The van der Waals surface area contributed by atoms with E-state index in [9.17, 15) is 4.39 Å². The van der Waals surface area contributed by atoms with Crippen molar-refractivity contribution >= 4 is 45.0 Å². The van der Waals surface area contributed by atoms with E-state index < -0.39 is 0 Å². The SMILES string of the molecule is Nc1ccc(Br)cc1SCc1ccc(Cl)cc1F. The van der Waals surface area contributed by atoms with E-state index in [1.165, 1.54) is 17.8 Å². The Morgan fingerprint density at radius 1 is 1.22 bits per heavy atom. The highest BCUT2D eigenvalue weighted by Gasteiger charge is 2.06. The Balaban J connectivity index is 2.13. The topological polar surface area (TPSA) is 26.0 Å². The van der Waals surface area contributed by atoms with Gasteiger partial charge in [-0.05, 0) is 35.9 Å². The molecular formula is C13H10BrClFNS. The zero-order valence-electron chi connectivity index (χ0n) is 9.29. The highest BCUT2D eigenvalue weighted by molar-refractivity contribution is 9.10. The van der Waals surface area contributed by atoms with Gasteiger partial charge in [0.25, 0.3) is 0 Å². The zero-order valence-corrected chi connectivity index (χ0v) is 12.4. The Labute approximate surface area is 123 Å². The minimum atomic E-state index is -0.288. The molecule has 0 spiro atoms. The van der Waals surface area contributed by atoms with Crippen LogP contribution in [0.1, 0.15) is 5.56 Å². The van der Waals surface area contributed by atoms with Crippen LogP contribution in [0.3, 0.4) is 0 Å². The third kappa shape index (κ3) is 3.40. The molecule has 0 bridgehead atoms. The summed E-state index contributed by atoms with van der Waals surface area (Å²) in [6, 6.07) is 10.3. The van der Waals surface area contributed by atoms with Crippen molar-refractivity contribution < 1.29 is 4.39 Å². The Hall–Kier alpha value is -0.710. The number of anilines is 1. The van der Waals surface area contributed by atoms with Gasteiger partial charge in [0.15, 0.2) is 0 Å². The van der Waals surface area contributed by atoms with E-state index in [1.807, 2.05) is 18.2 Å². The lowest BCUT2D eigenvalue weighted by molar-refractivity contribution is 0.617. The molecule has 0 aromatic heterocycles. The van der Waals surface area contributed by atoms with E-state index in [1.54, 1.807) is 12.1 Å². The smallest absolute Gasteiger partial charge is 0.128 e. The van der Waals surface area contributed by atoms with Crippen molar-refractivity contribution in [3.63, 3.8) is 0 Å². The maximum atomic E-state index is 13.6. The van der Waals surface area contributed by atoms with Crippen LogP contribution in [0.2, 0.25) is 5.02 Å². The quantitative estimate of drug-likeness (QED) is 0.617. The molecule has 5 heteroatoms. The molecule has 0 radical (unpaired) electrons. The highest BCUT2D eigenvalue weighted by Crippen LogP contribution is 2.31. The molecule has 0 atom stereocenters. The summed E-state index contributed by atoms with van der Waals surface area (Å²) in [5.74, 6) is 0.229. The van der Waals surface area contributed by atoms with Crippen molar-refractivity contribution in [2.75, 3.05) is 5.73 Å². The minimum absolute atomic E-state index is 0.288. The van der Waals surface area contributed by atoms with E-state index in [0.717, 1.165) is 9.37 Å².